The molecule has 1 heterocycles. The molecule has 1 saturated heterocycles. The molecule has 0 radical (unpaired) electrons. The SMILES string of the molecule is O=C(OCCN1CCOCC1)C1CCCC1. The molecule has 0 spiro atoms. The van der Waals surface area contributed by atoms with Crippen molar-refractivity contribution in [2.45, 2.75) is 25.7 Å². The molecule has 16 heavy (non-hydrogen) atoms. The zero-order valence-electron chi connectivity index (χ0n) is 9.82. The van der Waals surface area contributed by atoms with Crippen LogP contribution < -0.4 is 0 Å². The summed E-state index contributed by atoms with van der Waals surface area (Å²) in [7, 11) is 0. The fraction of sp³-hybridized carbons (Fsp3) is 0.917. The zero-order chi connectivity index (χ0) is 11.2. The van der Waals surface area contributed by atoms with Crippen LogP contribution >= 0.6 is 0 Å². The van der Waals surface area contributed by atoms with E-state index in [0.717, 1.165) is 45.7 Å². The monoisotopic (exact) mass is 227 g/mol. The van der Waals surface area contributed by atoms with Crippen molar-refractivity contribution in [1.82, 2.24) is 4.90 Å². The summed E-state index contributed by atoms with van der Waals surface area (Å²) < 4.78 is 10.6. The molecule has 2 fully saturated rings. The Bertz CT molecular complexity index is 220. The van der Waals surface area contributed by atoms with Gasteiger partial charge in [-0.05, 0) is 12.8 Å². The van der Waals surface area contributed by atoms with Gasteiger partial charge in [0, 0.05) is 19.6 Å². The summed E-state index contributed by atoms with van der Waals surface area (Å²) in [6.45, 7) is 4.91. The highest BCUT2D eigenvalue weighted by molar-refractivity contribution is 5.72. The fourth-order valence-electron chi connectivity index (χ4n) is 2.38. The Hall–Kier alpha value is -0.610. The first-order valence-electron chi connectivity index (χ1n) is 6.33. The largest absolute Gasteiger partial charge is 0.464 e. The molecule has 1 aliphatic heterocycles. The van der Waals surface area contributed by atoms with Crippen LogP contribution in [0.3, 0.4) is 0 Å². The Balaban J connectivity index is 1.57. The number of nitrogens with zero attached hydrogens (tertiary/aromatic N) is 1. The van der Waals surface area contributed by atoms with Crippen molar-refractivity contribution in [3.63, 3.8) is 0 Å². The number of rotatable bonds is 4. The van der Waals surface area contributed by atoms with Crippen LogP contribution in [0.1, 0.15) is 25.7 Å². The quantitative estimate of drug-likeness (QED) is 0.673. The van der Waals surface area contributed by atoms with Crippen molar-refractivity contribution in [3.05, 3.63) is 0 Å². The van der Waals surface area contributed by atoms with Crippen LogP contribution in [-0.2, 0) is 14.3 Å². The van der Waals surface area contributed by atoms with Crippen molar-refractivity contribution >= 4 is 5.97 Å². The van der Waals surface area contributed by atoms with E-state index in [1.165, 1.54) is 12.8 Å². The molecule has 2 rings (SSSR count). The maximum atomic E-state index is 11.6. The molecular formula is C12H21NO3. The van der Waals surface area contributed by atoms with E-state index >= 15 is 0 Å². The second-order valence-corrected chi connectivity index (χ2v) is 4.60. The minimum atomic E-state index is 0.0192. The zero-order valence-corrected chi connectivity index (χ0v) is 9.82. The Morgan fingerprint density at radius 3 is 2.62 bits per heavy atom. The van der Waals surface area contributed by atoms with Crippen LogP contribution in [0.15, 0.2) is 0 Å². The smallest absolute Gasteiger partial charge is 0.308 e. The molecule has 1 aliphatic carbocycles. The van der Waals surface area contributed by atoms with Gasteiger partial charge in [0.05, 0.1) is 19.1 Å². The minimum absolute atomic E-state index is 0.0192. The van der Waals surface area contributed by atoms with Crippen LogP contribution in [0.25, 0.3) is 0 Å². The summed E-state index contributed by atoms with van der Waals surface area (Å²) in [5, 5.41) is 0. The lowest BCUT2D eigenvalue weighted by Gasteiger charge is -2.26. The van der Waals surface area contributed by atoms with Crippen LogP contribution in [-0.4, -0.2) is 50.3 Å². The van der Waals surface area contributed by atoms with E-state index in [1.54, 1.807) is 0 Å². The number of esters is 1. The summed E-state index contributed by atoms with van der Waals surface area (Å²) in [5.74, 6) is 0.204. The van der Waals surface area contributed by atoms with Crippen molar-refractivity contribution in [3.8, 4) is 0 Å². The molecule has 0 N–H and O–H groups in total. The molecule has 4 heteroatoms. The predicted molar refractivity (Wildman–Crippen MR) is 60.2 cm³/mol. The van der Waals surface area contributed by atoms with Crippen molar-refractivity contribution in [2.75, 3.05) is 39.5 Å². The first-order valence-corrected chi connectivity index (χ1v) is 6.33. The molecule has 92 valence electrons. The lowest BCUT2D eigenvalue weighted by molar-refractivity contribution is -0.149. The van der Waals surface area contributed by atoms with Crippen LogP contribution in [0.5, 0.6) is 0 Å². The van der Waals surface area contributed by atoms with Crippen LogP contribution in [0.2, 0.25) is 0 Å². The van der Waals surface area contributed by atoms with Gasteiger partial charge in [0.15, 0.2) is 0 Å². The Kier molecular flexibility index (Phi) is 4.60. The molecule has 0 aromatic heterocycles. The van der Waals surface area contributed by atoms with Crippen LogP contribution in [0.4, 0.5) is 0 Å². The van der Waals surface area contributed by atoms with E-state index in [0.29, 0.717) is 6.61 Å². The molecule has 0 aromatic rings. The summed E-state index contributed by atoms with van der Waals surface area (Å²) in [4.78, 5) is 13.9. The molecule has 0 aromatic carbocycles. The molecule has 0 amide bonds. The van der Waals surface area contributed by atoms with Gasteiger partial charge in [-0.25, -0.2) is 0 Å². The maximum absolute atomic E-state index is 11.6. The molecular weight excluding hydrogens is 206 g/mol. The highest BCUT2D eigenvalue weighted by atomic mass is 16.5. The van der Waals surface area contributed by atoms with Crippen molar-refractivity contribution in [1.29, 1.82) is 0 Å². The number of carbonyl (C=O) groups excluding carboxylic acids is 1. The summed E-state index contributed by atoms with van der Waals surface area (Å²) >= 11 is 0. The van der Waals surface area contributed by atoms with E-state index in [2.05, 4.69) is 4.90 Å². The van der Waals surface area contributed by atoms with Gasteiger partial charge >= 0.3 is 5.97 Å². The Labute approximate surface area is 96.9 Å². The normalized spacial score (nSPS) is 23.5. The Morgan fingerprint density at radius 2 is 1.94 bits per heavy atom. The first kappa shape index (κ1) is 11.9. The molecule has 2 aliphatic rings. The molecule has 0 unspecified atom stereocenters. The minimum Gasteiger partial charge on any atom is -0.464 e. The average Bonchev–Trinajstić information content (AvgIpc) is 2.84. The third-order valence-electron chi connectivity index (χ3n) is 3.44. The first-order chi connectivity index (χ1) is 7.86. The standard InChI is InChI=1S/C12H21NO3/c14-12(11-3-1-2-4-11)16-10-7-13-5-8-15-9-6-13/h11H,1-10H2. The highest BCUT2D eigenvalue weighted by Gasteiger charge is 2.24. The second kappa shape index (κ2) is 6.21. The third-order valence-corrected chi connectivity index (χ3v) is 3.44. The third kappa shape index (κ3) is 3.46. The van der Waals surface area contributed by atoms with Gasteiger partial charge in [0.1, 0.15) is 6.61 Å². The fourth-order valence-corrected chi connectivity index (χ4v) is 2.38. The molecule has 1 saturated carbocycles. The average molecular weight is 227 g/mol. The van der Waals surface area contributed by atoms with Crippen molar-refractivity contribution < 1.29 is 14.3 Å². The lowest BCUT2D eigenvalue weighted by atomic mass is 10.1. The van der Waals surface area contributed by atoms with E-state index < -0.39 is 0 Å². The van der Waals surface area contributed by atoms with E-state index in [9.17, 15) is 4.79 Å². The molecule has 0 atom stereocenters. The Morgan fingerprint density at radius 1 is 1.25 bits per heavy atom. The number of hydrogen-bond donors (Lipinski definition) is 0. The maximum Gasteiger partial charge on any atom is 0.308 e. The van der Waals surface area contributed by atoms with Gasteiger partial charge < -0.3 is 9.47 Å². The second-order valence-electron chi connectivity index (χ2n) is 4.60. The summed E-state index contributed by atoms with van der Waals surface area (Å²) in [6, 6.07) is 0. The van der Waals surface area contributed by atoms with Gasteiger partial charge in [-0.2, -0.15) is 0 Å². The van der Waals surface area contributed by atoms with Gasteiger partial charge in [0.2, 0.25) is 0 Å². The van der Waals surface area contributed by atoms with Crippen molar-refractivity contribution in [2.24, 2.45) is 5.92 Å². The van der Waals surface area contributed by atoms with Gasteiger partial charge in [0.25, 0.3) is 0 Å². The number of morpholine rings is 1. The summed E-state index contributed by atoms with van der Waals surface area (Å²) in [5.41, 5.74) is 0. The molecule has 4 nitrogen and oxygen atoms in total. The van der Waals surface area contributed by atoms with E-state index in [1.807, 2.05) is 0 Å². The van der Waals surface area contributed by atoms with Gasteiger partial charge in [-0.1, -0.05) is 12.8 Å². The number of carbonyl (C=O) groups is 1. The number of hydrogen-bond acceptors (Lipinski definition) is 4. The topological polar surface area (TPSA) is 38.8 Å². The van der Waals surface area contributed by atoms with Crippen LogP contribution in [0, 0.1) is 5.92 Å². The summed E-state index contributed by atoms with van der Waals surface area (Å²) in [6.07, 6.45) is 4.42. The van der Waals surface area contributed by atoms with Gasteiger partial charge in [-0.3, -0.25) is 9.69 Å². The highest BCUT2D eigenvalue weighted by Crippen LogP contribution is 2.25. The van der Waals surface area contributed by atoms with E-state index in [-0.39, 0.29) is 11.9 Å². The predicted octanol–water partition coefficient (Wildman–Crippen LogP) is 1.05. The lowest BCUT2D eigenvalue weighted by Crippen LogP contribution is -2.38. The van der Waals surface area contributed by atoms with E-state index in [4.69, 9.17) is 9.47 Å². The molecule has 0 bridgehead atoms. The number of ether oxygens (including phenoxy) is 2. The van der Waals surface area contributed by atoms with Gasteiger partial charge in [-0.15, -0.1) is 0 Å².